The Bertz CT molecular complexity index is 620. The molecule has 1 fully saturated rings. The highest BCUT2D eigenvalue weighted by Crippen LogP contribution is 2.26. The van der Waals surface area contributed by atoms with Gasteiger partial charge in [0, 0.05) is 30.9 Å². The summed E-state index contributed by atoms with van der Waals surface area (Å²) in [7, 11) is -3.01. The first-order valence-corrected chi connectivity index (χ1v) is 8.91. The standard InChI is InChI=1S/C14H25N3O3S/c1-11-13(12(2)17(15-11)5-7-18)9-16-6-8-21(19,20)14(3,4)10-16/h18H,5-10H2,1-4H3. The first kappa shape index (κ1) is 16.5. The lowest BCUT2D eigenvalue weighted by Crippen LogP contribution is -2.52. The Morgan fingerprint density at radius 2 is 2.00 bits per heavy atom. The minimum Gasteiger partial charge on any atom is -0.394 e. The van der Waals surface area contributed by atoms with Gasteiger partial charge in [0.2, 0.25) is 0 Å². The molecule has 0 aromatic carbocycles. The van der Waals surface area contributed by atoms with E-state index in [-0.39, 0.29) is 12.4 Å². The molecule has 1 aliphatic rings. The first-order chi connectivity index (χ1) is 9.68. The van der Waals surface area contributed by atoms with E-state index < -0.39 is 14.6 Å². The average molecular weight is 315 g/mol. The molecule has 1 N–H and O–H groups in total. The summed E-state index contributed by atoms with van der Waals surface area (Å²) < 4.78 is 25.2. The normalized spacial score (nSPS) is 21.6. The molecule has 0 unspecified atom stereocenters. The Morgan fingerprint density at radius 1 is 1.33 bits per heavy atom. The highest BCUT2D eigenvalue weighted by molar-refractivity contribution is 7.92. The summed E-state index contributed by atoms with van der Waals surface area (Å²) in [6, 6.07) is 0. The molecule has 6 nitrogen and oxygen atoms in total. The van der Waals surface area contributed by atoms with Crippen LogP contribution in [0.3, 0.4) is 0 Å². The third-order valence-electron chi connectivity index (χ3n) is 4.35. The van der Waals surface area contributed by atoms with Crippen LogP contribution in [-0.2, 0) is 22.9 Å². The van der Waals surface area contributed by atoms with E-state index in [0.717, 1.165) is 17.0 Å². The number of sulfone groups is 1. The first-order valence-electron chi connectivity index (χ1n) is 7.26. The number of rotatable bonds is 4. The van der Waals surface area contributed by atoms with Gasteiger partial charge in [-0.3, -0.25) is 9.58 Å². The van der Waals surface area contributed by atoms with Crippen molar-refractivity contribution in [2.75, 3.05) is 25.4 Å². The number of hydrogen-bond donors (Lipinski definition) is 1. The number of aliphatic hydroxyl groups excluding tert-OH is 1. The molecular formula is C14H25N3O3S. The molecule has 0 saturated carbocycles. The predicted octanol–water partition coefficient (Wildman–Crippen LogP) is 0.501. The van der Waals surface area contributed by atoms with Crippen LogP contribution in [-0.4, -0.2) is 58.4 Å². The fourth-order valence-corrected chi connectivity index (χ4v) is 4.31. The van der Waals surface area contributed by atoms with Gasteiger partial charge in [0.15, 0.2) is 9.84 Å². The van der Waals surface area contributed by atoms with E-state index in [9.17, 15) is 8.42 Å². The summed E-state index contributed by atoms with van der Waals surface area (Å²) >= 11 is 0. The van der Waals surface area contributed by atoms with Crippen LogP contribution in [0, 0.1) is 13.8 Å². The van der Waals surface area contributed by atoms with Gasteiger partial charge in [0.25, 0.3) is 0 Å². The molecular weight excluding hydrogens is 290 g/mol. The fourth-order valence-electron chi connectivity index (χ4n) is 2.88. The zero-order valence-electron chi connectivity index (χ0n) is 13.3. The molecule has 0 amide bonds. The van der Waals surface area contributed by atoms with Crippen LogP contribution < -0.4 is 0 Å². The van der Waals surface area contributed by atoms with Crippen molar-refractivity contribution in [3.8, 4) is 0 Å². The largest absolute Gasteiger partial charge is 0.394 e. The van der Waals surface area contributed by atoms with E-state index in [4.69, 9.17) is 5.11 Å². The minimum atomic E-state index is -3.01. The lowest BCUT2D eigenvalue weighted by Gasteiger charge is -2.37. The van der Waals surface area contributed by atoms with Crippen LogP contribution in [0.25, 0.3) is 0 Å². The minimum absolute atomic E-state index is 0.0659. The molecule has 0 bridgehead atoms. The zero-order chi connectivity index (χ0) is 15.8. The van der Waals surface area contributed by atoms with Crippen molar-refractivity contribution < 1.29 is 13.5 Å². The van der Waals surface area contributed by atoms with Gasteiger partial charge in [-0.2, -0.15) is 5.10 Å². The Balaban J connectivity index is 2.17. The Labute approximate surface area is 126 Å². The molecule has 0 atom stereocenters. The molecule has 0 radical (unpaired) electrons. The van der Waals surface area contributed by atoms with Crippen molar-refractivity contribution in [3.05, 3.63) is 17.0 Å². The van der Waals surface area contributed by atoms with Gasteiger partial charge in [-0.05, 0) is 27.7 Å². The van der Waals surface area contributed by atoms with E-state index in [1.165, 1.54) is 0 Å². The zero-order valence-corrected chi connectivity index (χ0v) is 14.1. The van der Waals surface area contributed by atoms with Gasteiger partial charge in [0.05, 0.1) is 29.3 Å². The Morgan fingerprint density at radius 3 is 2.57 bits per heavy atom. The van der Waals surface area contributed by atoms with E-state index in [1.807, 2.05) is 18.5 Å². The molecule has 2 rings (SSSR count). The maximum Gasteiger partial charge on any atom is 0.157 e. The summed E-state index contributed by atoms with van der Waals surface area (Å²) in [5.74, 6) is 0.211. The number of aromatic nitrogens is 2. The van der Waals surface area contributed by atoms with Crippen LogP contribution in [0.15, 0.2) is 0 Å². The SMILES string of the molecule is Cc1nn(CCO)c(C)c1CN1CCS(=O)(=O)C(C)(C)C1. The molecule has 1 aliphatic heterocycles. The molecule has 0 spiro atoms. The van der Waals surface area contributed by atoms with E-state index >= 15 is 0 Å². The smallest absolute Gasteiger partial charge is 0.157 e. The van der Waals surface area contributed by atoms with Gasteiger partial charge in [-0.15, -0.1) is 0 Å². The van der Waals surface area contributed by atoms with E-state index in [2.05, 4.69) is 10.00 Å². The van der Waals surface area contributed by atoms with Crippen molar-refractivity contribution in [2.45, 2.75) is 45.5 Å². The van der Waals surface area contributed by atoms with Crippen LogP contribution in [0.1, 0.15) is 30.8 Å². The summed E-state index contributed by atoms with van der Waals surface area (Å²) in [6.45, 7) is 9.92. The fraction of sp³-hybridized carbons (Fsp3) is 0.786. The topological polar surface area (TPSA) is 75.4 Å². The van der Waals surface area contributed by atoms with Crippen LogP contribution in [0.5, 0.6) is 0 Å². The number of hydrogen-bond acceptors (Lipinski definition) is 5. The summed E-state index contributed by atoms with van der Waals surface area (Å²) in [5, 5.41) is 13.5. The van der Waals surface area contributed by atoms with Crippen molar-refractivity contribution in [2.24, 2.45) is 0 Å². The molecule has 21 heavy (non-hydrogen) atoms. The van der Waals surface area contributed by atoms with E-state index in [0.29, 0.717) is 26.2 Å². The van der Waals surface area contributed by atoms with Gasteiger partial charge < -0.3 is 5.11 Å². The molecule has 120 valence electrons. The summed E-state index contributed by atoms with van der Waals surface area (Å²) in [6.07, 6.45) is 0. The van der Waals surface area contributed by atoms with Crippen LogP contribution in [0.4, 0.5) is 0 Å². The van der Waals surface area contributed by atoms with Crippen molar-refractivity contribution in [1.82, 2.24) is 14.7 Å². The van der Waals surface area contributed by atoms with Gasteiger partial charge >= 0.3 is 0 Å². The van der Waals surface area contributed by atoms with Crippen LogP contribution in [0.2, 0.25) is 0 Å². The third kappa shape index (κ3) is 3.14. The summed E-state index contributed by atoms with van der Waals surface area (Å²) in [4.78, 5) is 2.18. The van der Waals surface area contributed by atoms with Crippen molar-refractivity contribution in [1.29, 1.82) is 0 Å². The summed E-state index contributed by atoms with van der Waals surface area (Å²) in [5.41, 5.74) is 3.14. The second-order valence-corrected chi connectivity index (χ2v) is 9.13. The Kier molecular flexibility index (Phi) is 4.46. The van der Waals surface area contributed by atoms with Gasteiger partial charge in [-0.25, -0.2) is 8.42 Å². The molecule has 1 saturated heterocycles. The average Bonchev–Trinajstić information content (AvgIpc) is 2.62. The number of aliphatic hydroxyl groups is 1. The van der Waals surface area contributed by atoms with Crippen molar-refractivity contribution in [3.63, 3.8) is 0 Å². The van der Waals surface area contributed by atoms with Gasteiger partial charge in [-0.1, -0.05) is 0 Å². The lowest BCUT2D eigenvalue weighted by molar-refractivity contribution is 0.240. The maximum absolute atomic E-state index is 12.1. The molecule has 1 aromatic rings. The van der Waals surface area contributed by atoms with E-state index in [1.54, 1.807) is 13.8 Å². The van der Waals surface area contributed by atoms with Crippen LogP contribution >= 0.6 is 0 Å². The third-order valence-corrected chi connectivity index (χ3v) is 6.88. The molecule has 1 aromatic heterocycles. The second kappa shape index (κ2) is 5.70. The number of aryl methyl sites for hydroxylation is 1. The molecule has 7 heteroatoms. The Hall–Kier alpha value is -0.920. The molecule has 2 heterocycles. The number of nitrogens with zero attached hydrogens (tertiary/aromatic N) is 3. The highest BCUT2D eigenvalue weighted by atomic mass is 32.2. The highest BCUT2D eigenvalue weighted by Gasteiger charge is 2.40. The molecule has 0 aliphatic carbocycles. The monoisotopic (exact) mass is 315 g/mol. The predicted molar refractivity (Wildman–Crippen MR) is 81.9 cm³/mol. The second-order valence-electron chi connectivity index (χ2n) is 6.39. The van der Waals surface area contributed by atoms with Crippen molar-refractivity contribution >= 4 is 9.84 Å². The van der Waals surface area contributed by atoms with Gasteiger partial charge in [0.1, 0.15) is 0 Å². The maximum atomic E-state index is 12.1. The quantitative estimate of drug-likeness (QED) is 0.876. The lowest BCUT2D eigenvalue weighted by atomic mass is 10.1.